The molecule has 43 heavy (non-hydrogen) atoms. The van der Waals surface area contributed by atoms with Crippen LogP contribution in [0.25, 0.3) is 0 Å². The first kappa shape index (κ1) is 33.8. The second kappa shape index (κ2) is 15.7. The number of amides is 3. The number of rotatable bonds is 14. The summed E-state index contributed by atoms with van der Waals surface area (Å²) < 4.78 is 0. The third-order valence-corrected chi connectivity index (χ3v) is 8.15. The van der Waals surface area contributed by atoms with Crippen molar-refractivity contribution >= 4 is 30.0 Å². The van der Waals surface area contributed by atoms with Crippen LogP contribution in [0.15, 0.2) is 29.3 Å². The van der Waals surface area contributed by atoms with E-state index in [9.17, 15) is 34.5 Å². The fourth-order valence-corrected chi connectivity index (χ4v) is 6.05. The molecule has 1 saturated carbocycles. The molecule has 2 fully saturated rings. The zero-order valence-corrected chi connectivity index (χ0v) is 24.9. The average molecular weight is 603 g/mol. The highest BCUT2D eigenvalue weighted by Crippen LogP contribution is 2.40. The van der Waals surface area contributed by atoms with Crippen LogP contribution in [-0.2, 0) is 25.6 Å². The number of guanidine groups is 1. The number of nitrogens with two attached hydrogens (primary N) is 2. The molecule has 0 spiro atoms. The van der Waals surface area contributed by atoms with E-state index in [0.717, 1.165) is 0 Å². The Labute approximate surface area is 252 Å². The van der Waals surface area contributed by atoms with Crippen LogP contribution in [0.3, 0.4) is 0 Å². The minimum Gasteiger partial charge on any atom is -0.508 e. The minimum atomic E-state index is -1.44. The Morgan fingerprint density at radius 3 is 2.44 bits per heavy atom. The van der Waals surface area contributed by atoms with Gasteiger partial charge < -0.3 is 47.1 Å². The van der Waals surface area contributed by atoms with E-state index in [-0.39, 0.29) is 36.4 Å². The first-order valence-electron chi connectivity index (χ1n) is 15.0. The second-order valence-corrected chi connectivity index (χ2v) is 12.1. The van der Waals surface area contributed by atoms with Gasteiger partial charge in [0.1, 0.15) is 30.2 Å². The number of aliphatic hydroxyl groups excluding tert-OH is 2. The van der Waals surface area contributed by atoms with Crippen molar-refractivity contribution in [2.75, 3.05) is 6.54 Å². The zero-order chi connectivity index (χ0) is 31.7. The van der Waals surface area contributed by atoms with Gasteiger partial charge in [0.25, 0.3) is 0 Å². The monoisotopic (exact) mass is 602 g/mol. The largest absolute Gasteiger partial charge is 0.508 e. The van der Waals surface area contributed by atoms with Gasteiger partial charge in [0.15, 0.2) is 5.96 Å². The van der Waals surface area contributed by atoms with E-state index in [1.165, 1.54) is 17.0 Å². The molecule has 1 saturated heterocycles. The van der Waals surface area contributed by atoms with Gasteiger partial charge in [-0.2, -0.15) is 0 Å². The van der Waals surface area contributed by atoms with Crippen molar-refractivity contribution in [1.82, 2.24) is 15.5 Å². The molecule has 0 aromatic heterocycles. The van der Waals surface area contributed by atoms with Crippen molar-refractivity contribution in [1.29, 1.82) is 0 Å². The molecule has 1 aromatic rings. The number of phenolic OH excluding ortho intramolecular Hbond substituents is 1. The lowest BCUT2D eigenvalue weighted by molar-refractivity contribution is -0.146. The van der Waals surface area contributed by atoms with Gasteiger partial charge in [0, 0.05) is 19.0 Å². The van der Waals surface area contributed by atoms with Crippen molar-refractivity contribution in [3.8, 4) is 5.75 Å². The number of nitrogens with one attached hydrogen (secondary N) is 2. The predicted octanol–water partition coefficient (Wildman–Crippen LogP) is -0.306. The van der Waals surface area contributed by atoms with E-state index in [1.54, 1.807) is 12.1 Å². The Bertz CT molecular complexity index is 1140. The molecule has 2 aliphatic rings. The van der Waals surface area contributed by atoms with Gasteiger partial charge in [0.2, 0.25) is 17.7 Å². The lowest BCUT2D eigenvalue weighted by Gasteiger charge is -2.38. The predicted molar refractivity (Wildman–Crippen MR) is 159 cm³/mol. The highest BCUT2D eigenvalue weighted by molar-refractivity contribution is 5.94. The van der Waals surface area contributed by atoms with Crippen LogP contribution in [0.4, 0.5) is 0 Å². The van der Waals surface area contributed by atoms with Gasteiger partial charge >= 0.3 is 0 Å². The topological polar surface area (TPSA) is 221 Å². The molecule has 9 N–H and O–H groups in total. The molecule has 1 aromatic carbocycles. The lowest BCUT2D eigenvalue weighted by Crippen LogP contribution is -2.58. The average Bonchev–Trinajstić information content (AvgIpc) is 3.33. The molecule has 3 rings (SSSR count). The Hall–Kier alpha value is -3.71. The minimum absolute atomic E-state index is 0.00391. The fourth-order valence-electron chi connectivity index (χ4n) is 6.05. The number of aldehydes is 1. The Balaban J connectivity index is 1.78. The Morgan fingerprint density at radius 2 is 1.81 bits per heavy atom. The number of fused-ring (bicyclic) bond motifs is 1. The first-order valence-corrected chi connectivity index (χ1v) is 15.0. The summed E-state index contributed by atoms with van der Waals surface area (Å²) in [5.41, 5.74) is 11.3. The van der Waals surface area contributed by atoms with E-state index in [4.69, 9.17) is 11.5 Å². The van der Waals surface area contributed by atoms with E-state index >= 15 is 0 Å². The highest BCUT2D eigenvalue weighted by Gasteiger charge is 2.50. The number of nitrogens with zero attached hydrogens (tertiary/aromatic N) is 2. The van der Waals surface area contributed by atoms with E-state index in [1.807, 2.05) is 13.8 Å². The lowest BCUT2D eigenvalue weighted by atomic mass is 9.83. The van der Waals surface area contributed by atoms with Crippen LogP contribution in [-0.4, -0.2) is 93.1 Å². The van der Waals surface area contributed by atoms with Gasteiger partial charge in [-0.05, 0) is 74.5 Å². The van der Waals surface area contributed by atoms with Gasteiger partial charge in [-0.3, -0.25) is 19.4 Å². The third kappa shape index (κ3) is 9.65. The maximum absolute atomic E-state index is 14.2. The van der Waals surface area contributed by atoms with Crippen molar-refractivity contribution in [2.45, 2.75) is 102 Å². The molecule has 1 aliphatic carbocycles. The van der Waals surface area contributed by atoms with E-state index in [2.05, 4.69) is 15.6 Å². The van der Waals surface area contributed by atoms with Gasteiger partial charge in [-0.1, -0.05) is 26.0 Å². The fraction of sp³-hybridized carbons (Fsp3) is 0.633. The summed E-state index contributed by atoms with van der Waals surface area (Å²) in [6, 6.07) is 2.99. The number of hydrogen-bond donors (Lipinski definition) is 7. The number of aliphatic hydroxyl groups is 2. The summed E-state index contributed by atoms with van der Waals surface area (Å²) in [6.07, 6.45) is 1.48. The molecule has 7 atom stereocenters. The molecule has 0 radical (unpaired) electrons. The van der Waals surface area contributed by atoms with Crippen LogP contribution in [0.2, 0.25) is 0 Å². The number of phenols is 1. The molecule has 1 heterocycles. The van der Waals surface area contributed by atoms with Gasteiger partial charge in [-0.15, -0.1) is 0 Å². The summed E-state index contributed by atoms with van der Waals surface area (Å²) in [5.74, 6) is -1.69. The quantitative estimate of drug-likeness (QED) is 0.0642. The molecule has 3 amide bonds. The standard InChI is InChI=1S/C30H46N6O7/c1-17(2)12-23(35-28(42)26(40)13-18-5-8-21(38)9-6-18)29(43)36-24-15-22(39)10-7-19(24)14-25(36)27(41)34-20(16-37)4-3-11-33-30(31)32/h5-6,8-9,16-17,19-20,22-26,38-40H,3-4,7,10-15H2,1-2H3,(H,34,41)(H,35,42)(H4,31,32,33)/t19-,20+,22+,23+,24-,25+,26+/m0/s1. The van der Waals surface area contributed by atoms with Crippen LogP contribution in [0.1, 0.15) is 64.4 Å². The Kier molecular flexibility index (Phi) is 12.3. The number of benzene rings is 1. The van der Waals surface area contributed by atoms with Crippen molar-refractivity contribution in [3.05, 3.63) is 29.8 Å². The van der Waals surface area contributed by atoms with Crippen LogP contribution >= 0.6 is 0 Å². The summed E-state index contributed by atoms with van der Waals surface area (Å²) in [6.45, 7) is 4.10. The molecule has 238 valence electrons. The molecule has 13 heteroatoms. The molecule has 0 bridgehead atoms. The van der Waals surface area contributed by atoms with Gasteiger partial charge in [0.05, 0.1) is 12.1 Å². The van der Waals surface area contributed by atoms with Crippen molar-refractivity contribution in [2.24, 2.45) is 28.3 Å². The number of aliphatic imine (C=N–C) groups is 1. The summed E-state index contributed by atoms with van der Waals surface area (Å²) in [4.78, 5) is 57.9. The van der Waals surface area contributed by atoms with Crippen LogP contribution in [0.5, 0.6) is 5.75 Å². The number of aromatic hydroxyl groups is 1. The normalized spacial score (nSPS) is 23.5. The van der Waals surface area contributed by atoms with Crippen molar-refractivity contribution < 1.29 is 34.5 Å². The number of hydrogen-bond acceptors (Lipinski definition) is 8. The molecule has 1 aliphatic heterocycles. The smallest absolute Gasteiger partial charge is 0.249 e. The number of carbonyl (C=O) groups is 4. The molecular weight excluding hydrogens is 556 g/mol. The summed E-state index contributed by atoms with van der Waals surface area (Å²) >= 11 is 0. The van der Waals surface area contributed by atoms with E-state index < -0.39 is 54.1 Å². The summed E-state index contributed by atoms with van der Waals surface area (Å²) in [5, 5.41) is 36.0. The van der Waals surface area contributed by atoms with Crippen LogP contribution < -0.4 is 22.1 Å². The van der Waals surface area contributed by atoms with Crippen molar-refractivity contribution in [3.63, 3.8) is 0 Å². The highest BCUT2D eigenvalue weighted by atomic mass is 16.3. The molecular formula is C30H46N6O7. The SMILES string of the molecule is CC(C)C[C@@H](NC(=O)[C@H](O)Cc1ccc(O)cc1)C(=O)N1[C@@H](C(=O)N[C@@H](C=O)CCCN=C(N)N)C[C@@H]2CC[C@@H](O)C[C@@H]21. The molecule has 0 unspecified atom stereocenters. The second-order valence-electron chi connectivity index (χ2n) is 12.1. The number of likely N-dealkylation sites (tertiary alicyclic amines) is 1. The van der Waals surface area contributed by atoms with Crippen LogP contribution in [0, 0.1) is 11.8 Å². The zero-order valence-electron chi connectivity index (χ0n) is 24.9. The number of carbonyl (C=O) groups excluding carboxylic acids is 4. The maximum atomic E-state index is 14.2. The third-order valence-electron chi connectivity index (χ3n) is 8.15. The molecule has 13 nitrogen and oxygen atoms in total. The first-order chi connectivity index (χ1) is 20.4. The van der Waals surface area contributed by atoms with E-state index in [0.29, 0.717) is 56.9 Å². The Morgan fingerprint density at radius 1 is 1.12 bits per heavy atom. The summed E-state index contributed by atoms with van der Waals surface area (Å²) in [7, 11) is 0. The van der Waals surface area contributed by atoms with Gasteiger partial charge in [-0.25, -0.2) is 0 Å². The maximum Gasteiger partial charge on any atom is 0.249 e.